The average molecular weight is 244 g/mol. The molecule has 1 aromatic rings. The SMILES string of the molecule is COCCOCOc1ccc(CC(O)F)cc1. The molecular weight excluding hydrogens is 227 g/mol. The summed E-state index contributed by atoms with van der Waals surface area (Å²) in [6, 6.07) is 6.81. The molecule has 0 saturated heterocycles. The zero-order valence-corrected chi connectivity index (χ0v) is 9.77. The second kappa shape index (κ2) is 8.00. The van der Waals surface area contributed by atoms with Crippen LogP contribution in [0.15, 0.2) is 24.3 Å². The van der Waals surface area contributed by atoms with E-state index in [9.17, 15) is 4.39 Å². The lowest BCUT2D eigenvalue weighted by molar-refractivity contribution is -0.00850. The van der Waals surface area contributed by atoms with Crippen LogP contribution in [0.5, 0.6) is 5.75 Å². The van der Waals surface area contributed by atoms with Crippen molar-refractivity contribution in [3.8, 4) is 5.75 Å². The first-order chi connectivity index (χ1) is 8.22. The number of rotatable bonds is 8. The van der Waals surface area contributed by atoms with Crippen molar-refractivity contribution in [2.75, 3.05) is 27.1 Å². The Morgan fingerprint density at radius 3 is 2.53 bits per heavy atom. The number of halogens is 1. The van der Waals surface area contributed by atoms with Crippen molar-refractivity contribution >= 4 is 0 Å². The minimum absolute atomic E-state index is 0.00931. The summed E-state index contributed by atoms with van der Waals surface area (Å²) < 4.78 is 27.5. The molecule has 0 aliphatic carbocycles. The standard InChI is InChI=1S/C12H17FO4/c1-15-6-7-16-9-17-11-4-2-10(3-5-11)8-12(13)14/h2-5,12,14H,6-9H2,1H3. The maximum atomic E-state index is 12.3. The number of alkyl halides is 1. The van der Waals surface area contributed by atoms with Crippen LogP contribution in [0, 0.1) is 0 Å². The molecule has 0 radical (unpaired) electrons. The molecule has 1 atom stereocenters. The monoisotopic (exact) mass is 244 g/mol. The van der Waals surface area contributed by atoms with Gasteiger partial charge < -0.3 is 19.3 Å². The third-order valence-corrected chi connectivity index (χ3v) is 2.07. The number of aliphatic hydroxyl groups is 1. The zero-order valence-electron chi connectivity index (χ0n) is 9.77. The highest BCUT2D eigenvalue weighted by molar-refractivity contribution is 5.27. The van der Waals surface area contributed by atoms with E-state index in [1.54, 1.807) is 31.4 Å². The predicted octanol–water partition coefficient (Wildman–Crippen LogP) is 1.52. The maximum absolute atomic E-state index is 12.3. The molecule has 0 heterocycles. The van der Waals surface area contributed by atoms with Crippen molar-refractivity contribution in [3.05, 3.63) is 29.8 Å². The number of aliphatic hydroxyl groups excluding tert-OH is 1. The molecule has 0 fully saturated rings. The Kier molecular flexibility index (Phi) is 6.54. The minimum Gasteiger partial charge on any atom is -0.468 e. The van der Waals surface area contributed by atoms with Crippen molar-refractivity contribution < 1.29 is 23.7 Å². The lowest BCUT2D eigenvalue weighted by atomic mass is 10.1. The van der Waals surface area contributed by atoms with E-state index >= 15 is 0 Å². The Labute approximate surface area is 99.9 Å². The molecule has 96 valence electrons. The van der Waals surface area contributed by atoms with Gasteiger partial charge in [0.15, 0.2) is 13.2 Å². The lowest BCUT2D eigenvalue weighted by Crippen LogP contribution is -2.07. The van der Waals surface area contributed by atoms with Crippen molar-refractivity contribution in [1.29, 1.82) is 0 Å². The molecule has 0 bridgehead atoms. The van der Waals surface area contributed by atoms with Gasteiger partial charge in [0.05, 0.1) is 13.2 Å². The average Bonchev–Trinajstić information content (AvgIpc) is 2.30. The summed E-state index contributed by atoms with van der Waals surface area (Å²) in [4.78, 5) is 0. The number of hydrogen-bond acceptors (Lipinski definition) is 4. The molecule has 1 N–H and O–H groups in total. The van der Waals surface area contributed by atoms with Crippen LogP contribution in [0.25, 0.3) is 0 Å². The Bertz CT molecular complexity index is 300. The van der Waals surface area contributed by atoms with Crippen molar-refractivity contribution in [2.45, 2.75) is 12.8 Å². The second-order valence-corrected chi connectivity index (χ2v) is 3.45. The Morgan fingerprint density at radius 1 is 1.24 bits per heavy atom. The van der Waals surface area contributed by atoms with Gasteiger partial charge in [-0.15, -0.1) is 0 Å². The van der Waals surface area contributed by atoms with Crippen molar-refractivity contribution in [1.82, 2.24) is 0 Å². The molecule has 4 nitrogen and oxygen atoms in total. The Hall–Kier alpha value is -1.17. The highest BCUT2D eigenvalue weighted by Crippen LogP contribution is 2.13. The van der Waals surface area contributed by atoms with Crippen LogP contribution in [0.3, 0.4) is 0 Å². The van der Waals surface area contributed by atoms with Crippen molar-refractivity contribution in [3.63, 3.8) is 0 Å². The quantitative estimate of drug-likeness (QED) is 0.556. The van der Waals surface area contributed by atoms with E-state index in [-0.39, 0.29) is 13.2 Å². The van der Waals surface area contributed by atoms with E-state index in [0.717, 1.165) is 0 Å². The molecule has 0 spiro atoms. The molecule has 0 amide bonds. The van der Waals surface area contributed by atoms with Gasteiger partial charge in [0.1, 0.15) is 5.75 Å². The fourth-order valence-corrected chi connectivity index (χ4v) is 1.23. The summed E-state index contributed by atoms with van der Waals surface area (Å²) >= 11 is 0. The largest absolute Gasteiger partial charge is 0.468 e. The molecule has 5 heteroatoms. The van der Waals surface area contributed by atoms with Gasteiger partial charge in [-0.05, 0) is 17.7 Å². The van der Waals surface area contributed by atoms with Crippen molar-refractivity contribution in [2.24, 2.45) is 0 Å². The number of ether oxygens (including phenoxy) is 3. The summed E-state index contributed by atoms with van der Waals surface area (Å²) in [5.41, 5.74) is 0.715. The number of methoxy groups -OCH3 is 1. The summed E-state index contributed by atoms with van der Waals surface area (Å²) in [6.07, 6.45) is -1.83. The second-order valence-electron chi connectivity index (χ2n) is 3.45. The molecule has 17 heavy (non-hydrogen) atoms. The predicted molar refractivity (Wildman–Crippen MR) is 60.6 cm³/mol. The molecule has 1 aromatic carbocycles. The number of benzene rings is 1. The van der Waals surface area contributed by atoms with Gasteiger partial charge >= 0.3 is 0 Å². The first-order valence-electron chi connectivity index (χ1n) is 5.33. The molecule has 0 aromatic heterocycles. The topological polar surface area (TPSA) is 47.9 Å². The van der Waals surface area contributed by atoms with Crippen LogP contribution in [-0.4, -0.2) is 38.6 Å². The first-order valence-corrected chi connectivity index (χ1v) is 5.33. The first kappa shape index (κ1) is 13.9. The van der Waals surface area contributed by atoms with Gasteiger partial charge in [0.2, 0.25) is 0 Å². The van der Waals surface area contributed by atoms with Crippen LogP contribution in [0.2, 0.25) is 0 Å². The normalized spacial score (nSPS) is 12.4. The minimum atomic E-state index is -1.82. The molecule has 0 saturated carbocycles. The smallest absolute Gasteiger partial charge is 0.200 e. The van der Waals surface area contributed by atoms with Gasteiger partial charge in [0.25, 0.3) is 0 Å². The van der Waals surface area contributed by atoms with E-state index in [1.165, 1.54) is 0 Å². The van der Waals surface area contributed by atoms with E-state index in [4.69, 9.17) is 19.3 Å². The van der Waals surface area contributed by atoms with Gasteiger partial charge in [-0.2, -0.15) is 0 Å². The van der Waals surface area contributed by atoms with Crippen LogP contribution >= 0.6 is 0 Å². The van der Waals surface area contributed by atoms with Gasteiger partial charge in [-0.3, -0.25) is 0 Å². The Morgan fingerprint density at radius 2 is 1.94 bits per heavy atom. The van der Waals surface area contributed by atoms with E-state index in [2.05, 4.69) is 0 Å². The van der Waals surface area contributed by atoms with E-state index in [1.807, 2.05) is 0 Å². The third-order valence-electron chi connectivity index (χ3n) is 2.07. The van der Waals surface area contributed by atoms with Gasteiger partial charge in [0, 0.05) is 13.5 Å². The van der Waals surface area contributed by atoms with Crippen LogP contribution < -0.4 is 4.74 Å². The highest BCUT2D eigenvalue weighted by atomic mass is 19.1. The van der Waals surface area contributed by atoms with Crippen LogP contribution in [0.4, 0.5) is 4.39 Å². The van der Waals surface area contributed by atoms with E-state index in [0.29, 0.717) is 24.5 Å². The fraction of sp³-hybridized carbons (Fsp3) is 0.500. The summed E-state index contributed by atoms with van der Waals surface area (Å²) in [7, 11) is 1.60. The molecule has 0 aliphatic rings. The number of hydrogen-bond donors (Lipinski definition) is 1. The molecular formula is C12H17FO4. The fourth-order valence-electron chi connectivity index (χ4n) is 1.23. The summed E-state index contributed by atoms with van der Waals surface area (Å²) in [5.74, 6) is 0.638. The Balaban J connectivity index is 2.25. The highest BCUT2D eigenvalue weighted by Gasteiger charge is 2.02. The van der Waals surface area contributed by atoms with Crippen LogP contribution in [-0.2, 0) is 15.9 Å². The maximum Gasteiger partial charge on any atom is 0.200 e. The summed E-state index contributed by atoms with van der Waals surface area (Å²) in [5, 5.41) is 8.57. The summed E-state index contributed by atoms with van der Waals surface area (Å²) in [6.45, 7) is 1.15. The molecule has 0 aliphatic heterocycles. The van der Waals surface area contributed by atoms with E-state index < -0.39 is 6.36 Å². The van der Waals surface area contributed by atoms with Gasteiger partial charge in [-0.1, -0.05) is 12.1 Å². The van der Waals surface area contributed by atoms with Gasteiger partial charge in [-0.25, -0.2) is 4.39 Å². The zero-order chi connectivity index (χ0) is 12.5. The molecule has 1 rings (SSSR count). The molecule has 1 unspecified atom stereocenters. The van der Waals surface area contributed by atoms with Crippen LogP contribution in [0.1, 0.15) is 5.56 Å². The third kappa shape index (κ3) is 6.21. The lowest BCUT2D eigenvalue weighted by Gasteiger charge is -2.08.